The molecular formula is C17H29N3O2. The Kier molecular flexibility index (Phi) is 5.21. The quantitative estimate of drug-likeness (QED) is 0.871. The van der Waals surface area contributed by atoms with Gasteiger partial charge in [0.2, 0.25) is 5.91 Å². The molecule has 1 N–H and O–H groups in total. The van der Waals surface area contributed by atoms with Gasteiger partial charge in [-0.1, -0.05) is 19.3 Å². The van der Waals surface area contributed by atoms with E-state index >= 15 is 0 Å². The molecule has 0 aromatic carbocycles. The highest BCUT2D eigenvalue weighted by atomic mass is 16.2. The molecule has 124 valence electrons. The monoisotopic (exact) mass is 307 g/mol. The topological polar surface area (TPSA) is 52.7 Å². The molecule has 2 heterocycles. The number of nitrogens with one attached hydrogen (secondary N) is 1. The predicted molar refractivity (Wildman–Crippen MR) is 85.6 cm³/mol. The summed E-state index contributed by atoms with van der Waals surface area (Å²) in [7, 11) is 0. The first-order valence-corrected chi connectivity index (χ1v) is 9.09. The summed E-state index contributed by atoms with van der Waals surface area (Å²) in [4.78, 5) is 28.5. The van der Waals surface area contributed by atoms with Gasteiger partial charge < -0.3 is 15.1 Å². The maximum Gasteiger partial charge on any atom is 0.317 e. The van der Waals surface area contributed by atoms with Gasteiger partial charge in [0.15, 0.2) is 0 Å². The first kappa shape index (κ1) is 15.6. The van der Waals surface area contributed by atoms with Crippen molar-refractivity contribution in [1.29, 1.82) is 0 Å². The van der Waals surface area contributed by atoms with E-state index in [0.717, 1.165) is 51.7 Å². The summed E-state index contributed by atoms with van der Waals surface area (Å²) >= 11 is 0. The van der Waals surface area contributed by atoms with Gasteiger partial charge in [0.05, 0.1) is 6.04 Å². The highest BCUT2D eigenvalue weighted by Gasteiger charge is 2.32. The summed E-state index contributed by atoms with van der Waals surface area (Å²) in [6.45, 7) is 2.44. The van der Waals surface area contributed by atoms with Gasteiger partial charge in [0, 0.05) is 32.1 Å². The molecule has 2 aliphatic heterocycles. The van der Waals surface area contributed by atoms with Crippen molar-refractivity contribution >= 4 is 11.9 Å². The minimum Gasteiger partial charge on any atom is -0.341 e. The molecule has 0 spiro atoms. The number of piperidine rings is 1. The SMILES string of the molecule is O=C1CCCN1C[C@H]1CCCCN1C(=O)NC1CCCCC1. The van der Waals surface area contributed by atoms with Crippen LogP contribution in [0.3, 0.4) is 0 Å². The van der Waals surface area contributed by atoms with Gasteiger partial charge in [-0.2, -0.15) is 0 Å². The van der Waals surface area contributed by atoms with E-state index < -0.39 is 0 Å². The molecule has 5 heteroatoms. The minimum atomic E-state index is 0.100. The first-order chi connectivity index (χ1) is 10.7. The maximum atomic E-state index is 12.6. The average molecular weight is 307 g/mol. The lowest BCUT2D eigenvalue weighted by Gasteiger charge is -2.39. The second-order valence-corrected chi connectivity index (χ2v) is 7.07. The van der Waals surface area contributed by atoms with Crippen molar-refractivity contribution in [2.75, 3.05) is 19.6 Å². The van der Waals surface area contributed by atoms with E-state index in [2.05, 4.69) is 5.32 Å². The molecule has 5 nitrogen and oxygen atoms in total. The number of hydrogen-bond acceptors (Lipinski definition) is 2. The predicted octanol–water partition coefficient (Wildman–Crippen LogP) is 2.51. The van der Waals surface area contributed by atoms with Crippen molar-refractivity contribution in [3.05, 3.63) is 0 Å². The van der Waals surface area contributed by atoms with Crippen molar-refractivity contribution in [3.8, 4) is 0 Å². The fourth-order valence-electron chi connectivity index (χ4n) is 4.11. The lowest BCUT2D eigenvalue weighted by Crippen LogP contribution is -2.54. The zero-order chi connectivity index (χ0) is 15.4. The van der Waals surface area contributed by atoms with E-state index in [1.807, 2.05) is 9.80 Å². The number of nitrogens with zero attached hydrogens (tertiary/aromatic N) is 2. The van der Waals surface area contributed by atoms with E-state index in [4.69, 9.17) is 0 Å². The first-order valence-electron chi connectivity index (χ1n) is 9.09. The fourth-order valence-corrected chi connectivity index (χ4v) is 4.11. The van der Waals surface area contributed by atoms with Crippen LogP contribution in [-0.2, 0) is 4.79 Å². The van der Waals surface area contributed by atoms with Crippen LogP contribution >= 0.6 is 0 Å². The second kappa shape index (κ2) is 7.34. The van der Waals surface area contributed by atoms with Crippen LogP contribution < -0.4 is 5.32 Å². The van der Waals surface area contributed by atoms with Crippen LogP contribution in [0.1, 0.15) is 64.2 Å². The third kappa shape index (κ3) is 3.73. The second-order valence-electron chi connectivity index (χ2n) is 7.07. The Bertz CT molecular complexity index is 407. The Morgan fingerprint density at radius 3 is 2.50 bits per heavy atom. The smallest absolute Gasteiger partial charge is 0.317 e. The molecule has 1 atom stereocenters. The molecule has 2 saturated heterocycles. The maximum absolute atomic E-state index is 12.6. The van der Waals surface area contributed by atoms with Crippen molar-refractivity contribution < 1.29 is 9.59 Å². The van der Waals surface area contributed by atoms with Crippen LogP contribution in [0.4, 0.5) is 4.79 Å². The third-order valence-electron chi connectivity index (χ3n) is 5.42. The highest BCUT2D eigenvalue weighted by molar-refractivity contribution is 5.78. The molecule has 3 rings (SSSR count). The molecule has 0 unspecified atom stereocenters. The van der Waals surface area contributed by atoms with Gasteiger partial charge in [-0.25, -0.2) is 4.79 Å². The van der Waals surface area contributed by atoms with E-state index in [0.29, 0.717) is 12.5 Å². The van der Waals surface area contributed by atoms with Crippen LogP contribution in [0.5, 0.6) is 0 Å². The Hall–Kier alpha value is -1.26. The Morgan fingerprint density at radius 2 is 1.77 bits per heavy atom. The Labute approximate surface area is 133 Å². The van der Waals surface area contributed by atoms with E-state index in [1.54, 1.807) is 0 Å². The summed E-state index contributed by atoms with van der Waals surface area (Å²) in [5, 5.41) is 3.24. The molecule has 1 saturated carbocycles. The number of likely N-dealkylation sites (tertiary alicyclic amines) is 2. The molecule has 3 aliphatic rings. The summed E-state index contributed by atoms with van der Waals surface area (Å²) < 4.78 is 0. The lowest BCUT2D eigenvalue weighted by atomic mass is 9.95. The van der Waals surface area contributed by atoms with Crippen LogP contribution in [0.2, 0.25) is 0 Å². The van der Waals surface area contributed by atoms with E-state index in [1.165, 1.54) is 25.7 Å². The molecular weight excluding hydrogens is 278 g/mol. The molecule has 3 amide bonds. The Balaban J connectivity index is 1.56. The summed E-state index contributed by atoms with van der Waals surface area (Å²) in [5.74, 6) is 0.262. The lowest BCUT2D eigenvalue weighted by molar-refractivity contribution is -0.128. The number of rotatable bonds is 3. The van der Waals surface area contributed by atoms with Gasteiger partial charge in [-0.3, -0.25) is 4.79 Å². The van der Waals surface area contributed by atoms with Gasteiger partial charge in [-0.15, -0.1) is 0 Å². The average Bonchev–Trinajstić information content (AvgIpc) is 2.94. The number of amides is 3. The van der Waals surface area contributed by atoms with E-state index in [-0.39, 0.29) is 18.0 Å². The highest BCUT2D eigenvalue weighted by Crippen LogP contribution is 2.22. The molecule has 0 radical (unpaired) electrons. The molecule has 0 aromatic rings. The van der Waals surface area contributed by atoms with Gasteiger partial charge in [0.25, 0.3) is 0 Å². The largest absolute Gasteiger partial charge is 0.341 e. The number of carbonyl (C=O) groups is 2. The van der Waals surface area contributed by atoms with Crippen molar-refractivity contribution in [1.82, 2.24) is 15.1 Å². The van der Waals surface area contributed by atoms with Gasteiger partial charge >= 0.3 is 6.03 Å². The summed E-state index contributed by atoms with van der Waals surface area (Å²) in [6.07, 6.45) is 10.9. The van der Waals surface area contributed by atoms with Crippen LogP contribution in [-0.4, -0.2) is 53.5 Å². The molecule has 0 aromatic heterocycles. The van der Waals surface area contributed by atoms with Crippen molar-refractivity contribution in [2.45, 2.75) is 76.3 Å². The third-order valence-corrected chi connectivity index (χ3v) is 5.42. The number of hydrogen-bond donors (Lipinski definition) is 1. The normalized spacial score (nSPS) is 27.3. The zero-order valence-corrected chi connectivity index (χ0v) is 13.6. The van der Waals surface area contributed by atoms with Gasteiger partial charge in [0.1, 0.15) is 0 Å². The van der Waals surface area contributed by atoms with Crippen LogP contribution in [0.25, 0.3) is 0 Å². The van der Waals surface area contributed by atoms with Crippen LogP contribution in [0, 0.1) is 0 Å². The summed E-state index contributed by atoms with van der Waals surface area (Å²) in [5.41, 5.74) is 0. The fraction of sp³-hybridized carbons (Fsp3) is 0.882. The van der Waals surface area contributed by atoms with Gasteiger partial charge in [-0.05, 0) is 38.5 Å². The Morgan fingerprint density at radius 1 is 1.00 bits per heavy atom. The summed E-state index contributed by atoms with van der Waals surface area (Å²) in [6, 6.07) is 0.667. The number of carbonyl (C=O) groups excluding carboxylic acids is 2. The number of urea groups is 1. The van der Waals surface area contributed by atoms with Crippen molar-refractivity contribution in [3.63, 3.8) is 0 Å². The molecule has 22 heavy (non-hydrogen) atoms. The molecule has 3 fully saturated rings. The molecule has 1 aliphatic carbocycles. The van der Waals surface area contributed by atoms with Crippen LogP contribution in [0.15, 0.2) is 0 Å². The molecule has 0 bridgehead atoms. The minimum absolute atomic E-state index is 0.100. The standard InChI is InChI=1S/C17H29N3O2/c21-16-10-6-11-19(16)13-15-9-4-5-12-20(15)17(22)18-14-7-2-1-3-8-14/h14-15H,1-13H2,(H,18,22)/t15-/m1/s1. The van der Waals surface area contributed by atoms with Crippen molar-refractivity contribution in [2.24, 2.45) is 0 Å². The van der Waals surface area contributed by atoms with E-state index in [9.17, 15) is 9.59 Å². The zero-order valence-electron chi connectivity index (χ0n) is 13.6.